The molecule has 0 unspecified atom stereocenters. The fourth-order valence-corrected chi connectivity index (χ4v) is 3.15. The molecule has 0 radical (unpaired) electrons. The van der Waals surface area contributed by atoms with E-state index in [0.717, 1.165) is 45.0 Å². The zero-order valence-corrected chi connectivity index (χ0v) is 18.3. The number of hydrogen-bond donors (Lipinski definition) is 2. The normalized spacial score (nSPS) is 16.0. The van der Waals surface area contributed by atoms with Gasteiger partial charge in [-0.05, 0) is 25.3 Å². The van der Waals surface area contributed by atoms with Crippen LogP contribution in [0.1, 0.15) is 37.0 Å². The SMILES string of the molecule is CCNC(=NCc1noc(C)n1)NC1CCN(Cc2ccccc2)CC1.I. The number of halogens is 1. The average molecular weight is 484 g/mol. The van der Waals surface area contributed by atoms with Crippen LogP contribution < -0.4 is 10.6 Å². The number of likely N-dealkylation sites (tertiary alicyclic amines) is 1. The molecule has 0 aliphatic carbocycles. The molecule has 2 aromatic rings. The summed E-state index contributed by atoms with van der Waals surface area (Å²) >= 11 is 0. The van der Waals surface area contributed by atoms with Crippen molar-refractivity contribution in [3.63, 3.8) is 0 Å². The van der Waals surface area contributed by atoms with E-state index in [9.17, 15) is 0 Å². The Bertz CT molecular complexity index is 697. The number of rotatable bonds is 6. The summed E-state index contributed by atoms with van der Waals surface area (Å²) in [7, 11) is 0. The van der Waals surface area contributed by atoms with E-state index in [1.165, 1.54) is 5.56 Å². The highest BCUT2D eigenvalue weighted by Crippen LogP contribution is 2.13. The van der Waals surface area contributed by atoms with E-state index in [-0.39, 0.29) is 24.0 Å². The molecular formula is C19H29IN6O. The molecule has 27 heavy (non-hydrogen) atoms. The van der Waals surface area contributed by atoms with Crippen LogP contribution in [0.4, 0.5) is 0 Å². The van der Waals surface area contributed by atoms with Crippen molar-refractivity contribution < 1.29 is 4.52 Å². The van der Waals surface area contributed by atoms with Gasteiger partial charge in [0.1, 0.15) is 6.54 Å². The highest BCUT2D eigenvalue weighted by atomic mass is 127. The van der Waals surface area contributed by atoms with E-state index in [2.05, 4.69) is 67.9 Å². The molecule has 0 amide bonds. The molecule has 0 saturated carbocycles. The maximum atomic E-state index is 4.99. The number of nitrogens with one attached hydrogen (secondary N) is 2. The highest BCUT2D eigenvalue weighted by Gasteiger charge is 2.20. The van der Waals surface area contributed by atoms with E-state index in [4.69, 9.17) is 4.52 Å². The molecule has 2 N–H and O–H groups in total. The highest BCUT2D eigenvalue weighted by molar-refractivity contribution is 14.0. The van der Waals surface area contributed by atoms with Gasteiger partial charge in [-0.3, -0.25) is 4.90 Å². The first kappa shape index (κ1) is 21.6. The average Bonchev–Trinajstić information content (AvgIpc) is 3.08. The summed E-state index contributed by atoms with van der Waals surface area (Å²) in [5, 5.41) is 10.7. The molecular weight excluding hydrogens is 455 g/mol. The Balaban J connectivity index is 0.00000261. The maximum Gasteiger partial charge on any atom is 0.223 e. The van der Waals surface area contributed by atoms with Gasteiger partial charge in [-0.25, -0.2) is 4.99 Å². The van der Waals surface area contributed by atoms with Crippen molar-refractivity contribution in [1.82, 2.24) is 25.7 Å². The summed E-state index contributed by atoms with van der Waals surface area (Å²) in [4.78, 5) is 11.3. The van der Waals surface area contributed by atoms with Crippen molar-refractivity contribution in [2.45, 2.75) is 45.8 Å². The molecule has 1 saturated heterocycles. The first-order valence-corrected chi connectivity index (χ1v) is 9.33. The number of guanidine groups is 1. The Morgan fingerprint density at radius 1 is 1.26 bits per heavy atom. The largest absolute Gasteiger partial charge is 0.357 e. The third-order valence-electron chi connectivity index (χ3n) is 4.47. The Hall–Kier alpha value is -1.68. The van der Waals surface area contributed by atoms with Gasteiger partial charge in [-0.15, -0.1) is 24.0 Å². The van der Waals surface area contributed by atoms with Crippen LogP contribution in [0.15, 0.2) is 39.8 Å². The van der Waals surface area contributed by atoms with Gasteiger partial charge < -0.3 is 15.2 Å². The number of aliphatic imine (C=N–C) groups is 1. The Labute approximate surface area is 178 Å². The van der Waals surface area contributed by atoms with Gasteiger partial charge in [-0.1, -0.05) is 35.5 Å². The number of aryl methyl sites for hydroxylation is 1. The van der Waals surface area contributed by atoms with Crippen LogP contribution in [0.2, 0.25) is 0 Å². The van der Waals surface area contributed by atoms with Gasteiger partial charge in [0.15, 0.2) is 11.8 Å². The lowest BCUT2D eigenvalue weighted by Crippen LogP contribution is -2.48. The van der Waals surface area contributed by atoms with Gasteiger partial charge in [0.05, 0.1) is 0 Å². The molecule has 8 heteroatoms. The number of benzene rings is 1. The molecule has 1 aromatic heterocycles. The molecule has 0 bridgehead atoms. The third kappa shape index (κ3) is 7.10. The molecule has 0 atom stereocenters. The van der Waals surface area contributed by atoms with Gasteiger partial charge in [0.2, 0.25) is 5.89 Å². The van der Waals surface area contributed by atoms with Crippen molar-refractivity contribution in [3.05, 3.63) is 47.6 Å². The molecule has 0 spiro atoms. The number of nitrogens with zero attached hydrogens (tertiary/aromatic N) is 4. The predicted molar refractivity (Wildman–Crippen MR) is 117 cm³/mol. The first-order valence-electron chi connectivity index (χ1n) is 9.33. The second kappa shape index (κ2) is 11.2. The van der Waals surface area contributed by atoms with Crippen LogP contribution in [-0.2, 0) is 13.1 Å². The van der Waals surface area contributed by atoms with Crippen molar-refractivity contribution in [1.29, 1.82) is 0 Å². The quantitative estimate of drug-likeness (QED) is 0.373. The summed E-state index contributed by atoms with van der Waals surface area (Å²) in [5.41, 5.74) is 1.38. The molecule has 1 aliphatic rings. The lowest BCUT2D eigenvalue weighted by atomic mass is 10.0. The third-order valence-corrected chi connectivity index (χ3v) is 4.47. The monoisotopic (exact) mass is 484 g/mol. The molecule has 148 valence electrons. The minimum Gasteiger partial charge on any atom is -0.357 e. The Morgan fingerprint density at radius 2 is 2.00 bits per heavy atom. The fraction of sp³-hybridized carbons (Fsp3) is 0.526. The second-order valence-corrected chi connectivity index (χ2v) is 6.61. The zero-order valence-electron chi connectivity index (χ0n) is 16.0. The molecule has 1 aliphatic heterocycles. The molecule has 3 rings (SSSR count). The summed E-state index contributed by atoms with van der Waals surface area (Å²) in [6.07, 6.45) is 2.22. The van der Waals surface area contributed by atoms with Crippen molar-refractivity contribution in [3.8, 4) is 0 Å². The standard InChI is InChI=1S/C19H28N6O.HI/c1-3-20-19(21-13-18-22-15(2)26-24-18)23-17-9-11-25(12-10-17)14-16-7-5-4-6-8-16;/h4-8,17H,3,9-14H2,1-2H3,(H2,20,21,23);1H. The lowest BCUT2D eigenvalue weighted by molar-refractivity contribution is 0.198. The minimum atomic E-state index is 0. The van der Waals surface area contributed by atoms with Crippen LogP contribution in [0.5, 0.6) is 0 Å². The van der Waals surface area contributed by atoms with E-state index < -0.39 is 0 Å². The van der Waals surface area contributed by atoms with Gasteiger partial charge in [0, 0.05) is 39.1 Å². The smallest absolute Gasteiger partial charge is 0.223 e. The number of hydrogen-bond acceptors (Lipinski definition) is 5. The van der Waals surface area contributed by atoms with Crippen LogP contribution in [0.3, 0.4) is 0 Å². The van der Waals surface area contributed by atoms with Crippen molar-refractivity contribution in [2.75, 3.05) is 19.6 Å². The Kier molecular flexibility index (Phi) is 8.99. The molecule has 1 aromatic carbocycles. The van der Waals surface area contributed by atoms with E-state index in [1.807, 2.05) is 0 Å². The maximum absolute atomic E-state index is 4.99. The molecule has 1 fully saturated rings. The van der Waals surface area contributed by atoms with Gasteiger partial charge in [0.25, 0.3) is 0 Å². The van der Waals surface area contributed by atoms with Gasteiger partial charge >= 0.3 is 0 Å². The van der Waals surface area contributed by atoms with Crippen molar-refractivity contribution >= 4 is 29.9 Å². The number of aromatic nitrogens is 2. The van der Waals surface area contributed by atoms with Gasteiger partial charge in [-0.2, -0.15) is 4.98 Å². The summed E-state index contributed by atoms with van der Waals surface area (Å²) in [6.45, 7) is 8.30. The van der Waals surface area contributed by atoms with E-state index in [1.54, 1.807) is 6.92 Å². The first-order chi connectivity index (χ1) is 12.7. The summed E-state index contributed by atoms with van der Waals surface area (Å²) < 4.78 is 4.99. The Morgan fingerprint density at radius 3 is 2.63 bits per heavy atom. The lowest BCUT2D eigenvalue weighted by Gasteiger charge is -2.33. The topological polar surface area (TPSA) is 78.6 Å². The molecule has 2 heterocycles. The van der Waals surface area contributed by atoms with Crippen molar-refractivity contribution in [2.24, 2.45) is 4.99 Å². The predicted octanol–water partition coefficient (Wildman–Crippen LogP) is 2.72. The van der Waals surface area contributed by atoms with E-state index >= 15 is 0 Å². The van der Waals surface area contributed by atoms with Crippen LogP contribution in [-0.4, -0.2) is 46.7 Å². The zero-order chi connectivity index (χ0) is 18.2. The second-order valence-electron chi connectivity index (χ2n) is 6.61. The summed E-state index contributed by atoms with van der Waals surface area (Å²) in [5.74, 6) is 1.99. The van der Waals surface area contributed by atoms with Crippen LogP contribution >= 0.6 is 24.0 Å². The summed E-state index contributed by atoms with van der Waals surface area (Å²) in [6, 6.07) is 11.1. The molecule has 7 nitrogen and oxygen atoms in total. The van der Waals surface area contributed by atoms with E-state index in [0.29, 0.717) is 24.3 Å². The van der Waals surface area contributed by atoms with Crippen LogP contribution in [0, 0.1) is 6.92 Å². The number of piperidine rings is 1. The fourth-order valence-electron chi connectivity index (χ4n) is 3.15. The van der Waals surface area contributed by atoms with Crippen LogP contribution in [0.25, 0.3) is 0 Å². The minimum absolute atomic E-state index is 0.